The van der Waals surface area contributed by atoms with E-state index in [4.69, 9.17) is 5.11 Å². The van der Waals surface area contributed by atoms with Crippen LogP contribution in [0.2, 0.25) is 0 Å². The zero-order valence-corrected chi connectivity index (χ0v) is 10.0. The number of H-pyrrole nitrogens is 1. The highest BCUT2D eigenvalue weighted by Gasteiger charge is 2.42. The molecule has 94 valence electrons. The van der Waals surface area contributed by atoms with Crippen LogP contribution in [0.4, 0.5) is 0 Å². The number of fused-ring (bicyclic) bond motifs is 1. The summed E-state index contributed by atoms with van der Waals surface area (Å²) in [6.45, 7) is 1.57. The van der Waals surface area contributed by atoms with Crippen LogP contribution < -0.4 is 5.32 Å². The van der Waals surface area contributed by atoms with Gasteiger partial charge in [0.2, 0.25) is 0 Å². The second-order valence-electron chi connectivity index (χ2n) is 4.93. The second-order valence-corrected chi connectivity index (χ2v) is 4.93. The number of nitrogens with one attached hydrogen (secondary N) is 2. The molecule has 4 heteroatoms. The summed E-state index contributed by atoms with van der Waals surface area (Å²) in [6, 6.07) is 8.19. The Hall–Kier alpha value is -1.81. The van der Waals surface area contributed by atoms with Crippen molar-refractivity contribution in [3.63, 3.8) is 0 Å². The van der Waals surface area contributed by atoms with Crippen molar-refractivity contribution in [1.82, 2.24) is 10.3 Å². The average Bonchev–Trinajstić information content (AvgIpc) is 3.03. The minimum absolute atomic E-state index is 0.125. The van der Waals surface area contributed by atoms with Crippen molar-refractivity contribution >= 4 is 16.9 Å². The van der Waals surface area contributed by atoms with Crippen LogP contribution in [0, 0.1) is 11.8 Å². The molecule has 4 nitrogen and oxygen atoms in total. The highest BCUT2D eigenvalue weighted by Crippen LogP contribution is 2.37. The van der Waals surface area contributed by atoms with Crippen LogP contribution in [0.15, 0.2) is 30.5 Å². The predicted molar refractivity (Wildman–Crippen MR) is 69.2 cm³/mol. The average molecular weight is 244 g/mol. The minimum atomic E-state index is -0.658. The van der Waals surface area contributed by atoms with E-state index in [0.29, 0.717) is 5.92 Å². The van der Waals surface area contributed by atoms with Gasteiger partial charge >= 0.3 is 5.97 Å². The lowest BCUT2D eigenvalue weighted by Gasteiger charge is -2.02. The number of para-hydroxylation sites is 1. The number of hydrogen-bond acceptors (Lipinski definition) is 2. The topological polar surface area (TPSA) is 65.1 Å². The van der Waals surface area contributed by atoms with Crippen molar-refractivity contribution < 1.29 is 9.90 Å². The second kappa shape index (κ2) is 4.46. The fourth-order valence-electron chi connectivity index (χ4n) is 2.45. The molecule has 3 rings (SSSR count). The molecule has 2 unspecified atom stereocenters. The third kappa shape index (κ3) is 2.11. The molecule has 0 bridgehead atoms. The number of aromatic amines is 1. The Bertz CT molecular complexity index is 576. The molecular formula is C14H16N2O2. The van der Waals surface area contributed by atoms with E-state index in [9.17, 15) is 4.79 Å². The van der Waals surface area contributed by atoms with Crippen molar-refractivity contribution in [2.24, 2.45) is 11.8 Å². The van der Waals surface area contributed by atoms with E-state index in [1.165, 1.54) is 10.9 Å². The van der Waals surface area contributed by atoms with Gasteiger partial charge in [-0.3, -0.25) is 4.79 Å². The van der Waals surface area contributed by atoms with Gasteiger partial charge in [0.25, 0.3) is 0 Å². The maximum absolute atomic E-state index is 10.7. The predicted octanol–water partition coefficient (Wildman–Crippen LogP) is 1.98. The fraction of sp³-hybridized carbons (Fsp3) is 0.357. The SMILES string of the molecule is O=C(O)C1CC1CNCc1c[nH]c2ccccc12. The van der Waals surface area contributed by atoms with Gasteiger partial charge in [0.1, 0.15) is 0 Å². The van der Waals surface area contributed by atoms with E-state index < -0.39 is 5.97 Å². The number of carbonyl (C=O) groups is 1. The Labute approximate surface area is 105 Å². The summed E-state index contributed by atoms with van der Waals surface area (Å²) in [7, 11) is 0. The molecule has 0 aliphatic heterocycles. The molecule has 0 radical (unpaired) electrons. The summed E-state index contributed by atoms with van der Waals surface area (Å²) in [4.78, 5) is 13.9. The summed E-state index contributed by atoms with van der Waals surface area (Å²) in [5.41, 5.74) is 2.38. The lowest BCUT2D eigenvalue weighted by atomic mass is 10.2. The third-order valence-corrected chi connectivity index (χ3v) is 3.64. The van der Waals surface area contributed by atoms with Gasteiger partial charge in [-0.1, -0.05) is 18.2 Å². The zero-order valence-electron chi connectivity index (χ0n) is 10.0. The molecule has 1 aliphatic carbocycles. The molecule has 0 amide bonds. The third-order valence-electron chi connectivity index (χ3n) is 3.64. The van der Waals surface area contributed by atoms with Crippen LogP contribution in [0.5, 0.6) is 0 Å². The van der Waals surface area contributed by atoms with E-state index >= 15 is 0 Å². The molecule has 3 N–H and O–H groups in total. The molecular weight excluding hydrogens is 228 g/mol. The summed E-state index contributed by atoms with van der Waals surface area (Å²) >= 11 is 0. The lowest BCUT2D eigenvalue weighted by Crippen LogP contribution is -2.18. The number of benzene rings is 1. The standard InChI is InChI=1S/C14H16N2O2/c17-14(18)12-5-9(12)6-15-7-10-8-16-13-4-2-1-3-11(10)13/h1-4,8-9,12,15-16H,5-7H2,(H,17,18). The summed E-state index contributed by atoms with van der Waals surface area (Å²) in [5, 5.41) is 13.4. The van der Waals surface area contributed by atoms with E-state index in [-0.39, 0.29) is 5.92 Å². The molecule has 2 atom stereocenters. The number of carboxylic acids is 1. The van der Waals surface area contributed by atoms with Crippen LogP contribution in [0.25, 0.3) is 10.9 Å². The first-order valence-electron chi connectivity index (χ1n) is 6.24. The highest BCUT2D eigenvalue weighted by molar-refractivity contribution is 5.82. The molecule has 18 heavy (non-hydrogen) atoms. The first-order valence-corrected chi connectivity index (χ1v) is 6.24. The van der Waals surface area contributed by atoms with Crippen molar-refractivity contribution in [1.29, 1.82) is 0 Å². The molecule has 1 aromatic carbocycles. The number of carboxylic acid groups (broad SMARTS) is 1. The van der Waals surface area contributed by atoms with Crippen LogP contribution in [-0.4, -0.2) is 22.6 Å². The highest BCUT2D eigenvalue weighted by atomic mass is 16.4. The molecule has 0 saturated heterocycles. The van der Waals surface area contributed by atoms with Gasteiger partial charge < -0.3 is 15.4 Å². The van der Waals surface area contributed by atoms with Crippen molar-refractivity contribution in [2.75, 3.05) is 6.54 Å². The number of rotatable bonds is 5. The van der Waals surface area contributed by atoms with Crippen LogP contribution >= 0.6 is 0 Å². The molecule has 2 aromatic rings. The molecule has 1 aromatic heterocycles. The minimum Gasteiger partial charge on any atom is -0.481 e. The molecule has 0 spiro atoms. The summed E-state index contributed by atoms with van der Waals surface area (Å²) < 4.78 is 0. The van der Waals surface area contributed by atoms with E-state index in [2.05, 4.69) is 22.4 Å². The van der Waals surface area contributed by atoms with Crippen LogP contribution in [0.3, 0.4) is 0 Å². The van der Waals surface area contributed by atoms with Gasteiger partial charge in [0.15, 0.2) is 0 Å². The maximum Gasteiger partial charge on any atom is 0.306 e. The van der Waals surface area contributed by atoms with Crippen molar-refractivity contribution in [3.8, 4) is 0 Å². The smallest absolute Gasteiger partial charge is 0.306 e. The first-order chi connectivity index (χ1) is 8.75. The Balaban J connectivity index is 1.56. The molecule has 1 fully saturated rings. The van der Waals surface area contributed by atoms with Gasteiger partial charge in [0.05, 0.1) is 5.92 Å². The van der Waals surface area contributed by atoms with Gasteiger partial charge in [-0.2, -0.15) is 0 Å². The monoisotopic (exact) mass is 244 g/mol. The number of hydrogen-bond donors (Lipinski definition) is 3. The quantitative estimate of drug-likeness (QED) is 0.753. The maximum atomic E-state index is 10.7. The normalized spacial score (nSPS) is 22.2. The van der Waals surface area contributed by atoms with E-state index in [0.717, 1.165) is 25.0 Å². The Morgan fingerprint density at radius 3 is 3.06 bits per heavy atom. The van der Waals surface area contributed by atoms with E-state index in [1.807, 2.05) is 18.3 Å². The number of aromatic nitrogens is 1. The van der Waals surface area contributed by atoms with Crippen LogP contribution in [0.1, 0.15) is 12.0 Å². The van der Waals surface area contributed by atoms with Crippen LogP contribution in [-0.2, 0) is 11.3 Å². The zero-order chi connectivity index (χ0) is 12.5. The Morgan fingerprint density at radius 2 is 2.28 bits per heavy atom. The number of aliphatic carboxylic acids is 1. The molecule has 1 heterocycles. The van der Waals surface area contributed by atoms with E-state index in [1.54, 1.807) is 0 Å². The van der Waals surface area contributed by atoms with Gasteiger partial charge in [-0.05, 0) is 30.5 Å². The van der Waals surface area contributed by atoms with Gasteiger partial charge in [-0.25, -0.2) is 0 Å². The Morgan fingerprint density at radius 1 is 1.44 bits per heavy atom. The molecule has 1 aliphatic rings. The van der Waals surface area contributed by atoms with Gasteiger partial charge in [-0.15, -0.1) is 0 Å². The lowest BCUT2D eigenvalue weighted by molar-refractivity contribution is -0.138. The van der Waals surface area contributed by atoms with Crippen molar-refractivity contribution in [2.45, 2.75) is 13.0 Å². The fourth-order valence-corrected chi connectivity index (χ4v) is 2.45. The summed E-state index contributed by atoms with van der Waals surface area (Å²) in [5.74, 6) is -0.470. The molecule has 1 saturated carbocycles. The van der Waals surface area contributed by atoms with Crippen molar-refractivity contribution in [3.05, 3.63) is 36.0 Å². The summed E-state index contributed by atoms with van der Waals surface area (Å²) in [6.07, 6.45) is 2.83. The largest absolute Gasteiger partial charge is 0.481 e. The first kappa shape index (κ1) is 11.3. The Kier molecular flexibility index (Phi) is 2.80. The van der Waals surface area contributed by atoms with Gasteiger partial charge in [0, 0.05) is 23.6 Å².